The number of amides is 1. The van der Waals surface area contributed by atoms with Crippen LogP contribution in [0.1, 0.15) is 16.1 Å². The van der Waals surface area contributed by atoms with Crippen LogP contribution in [0.4, 0.5) is 5.69 Å². The van der Waals surface area contributed by atoms with Crippen LogP contribution in [-0.4, -0.2) is 20.9 Å². The number of nitrogens with one attached hydrogen (secondary N) is 1. The van der Waals surface area contributed by atoms with E-state index in [-0.39, 0.29) is 11.6 Å². The fourth-order valence-corrected chi connectivity index (χ4v) is 2.16. The molecule has 0 unspecified atom stereocenters. The van der Waals surface area contributed by atoms with Crippen molar-refractivity contribution < 1.29 is 4.79 Å². The Morgan fingerprint density at radius 3 is 2.68 bits per heavy atom. The molecule has 0 fully saturated rings. The van der Waals surface area contributed by atoms with Crippen LogP contribution < -0.4 is 5.32 Å². The number of anilines is 1. The Morgan fingerprint density at radius 2 is 1.91 bits per heavy atom. The number of hydrogen-bond donors (Lipinski definition) is 1. The summed E-state index contributed by atoms with van der Waals surface area (Å²) in [7, 11) is 0. The van der Waals surface area contributed by atoms with Crippen LogP contribution in [-0.2, 0) is 0 Å². The molecule has 3 aromatic rings. The Hall–Kier alpha value is -2.66. The molecule has 3 rings (SSSR count). The second kappa shape index (κ2) is 5.99. The maximum Gasteiger partial charge on any atom is 0.277 e. The van der Waals surface area contributed by atoms with Crippen LogP contribution in [0.25, 0.3) is 5.69 Å². The van der Waals surface area contributed by atoms with Crippen molar-refractivity contribution in [1.29, 1.82) is 0 Å². The summed E-state index contributed by atoms with van der Waals surface area (Å²) in [4.78, 5) is 13.7. The van der Waals surface area contributed by atoms with Crippen molar-refractivity contribution in [3.05, 3.63) is 71.0 Å². The first-order valence-corrected chi connectivity index (χ1v) is 7.07. The van der Waals surface area contributed by atoms with Gasteiger partial charge in [-0.1, -0.05) is 35.9 Å². The number of carbonyl (C=O) groups excluding carboxylic acids is 1. The molecule has 1 heterocycles. The van der Waals surface area contributed by atoms with E-state index in [4.69, 9.17) is 11.6 Å². The maximum atomic E-state index is 12.3. The molecule has 0 bridgehead atoms. The van der Waals surface area contributed by atoms with Gasteiger partial charge >= 0.3 is 0 Å². The van der Waals surface area contributed by atoms with E-state index >= 15 is 0 Å². The Labute approximate surface area is 132 Å². The van der Waals surface area contributed by atoms with Gasteiger partial charge in [0.2, 0.25) is 0 Å². The Kier molecular flexibility index (Phi) is 3.89. The van der Waals surface area contributed by atoms with Gasteiger partial charge in [-0.2, -0.15) is 9.90 Å². The smallest absolute Gasteiger partial charge is 0.277 e. The Balaban J connectivity index is 1.82. The van der Waals surface area contributed by atoms with Crippen LogP contribution >= 0.6 is 11.6 Å². The Morgan fingerprint density at radius 1 is 1.14 bits per heavy atom. The lowest BCUT2D eigenvalue weighted by molar-refractivity contribution is 0.102. The van der Waals surface area contributed by atoms with E-state index in [0.717, 1.165) is 11.3 Å². The van der Waals surface area contributed by atoms with E-state index in [0.29, 0.717) is 10.7 Å². The zero-order chi connectivity index (χ0) is 15.5. The van der Waals surface area contributed by atoms with Crippen molar-refractivity contribution in [2.24, 2.45) is 0 Å². The zero-order valence-electron chi connectivity index (χ0n) is 11.8. The minimum absolute atomic E-state index is 0.239. The third kappa shape index (κ3) is 2.84. The van der Waals surface area contributed by atoms with E-state index in [1.165, 1.54) is 11.0 Å². The monoisotopic (exact) mass is 312 g/mol. The van der Waals surface area contributed by atoms with Crippen LogP contribution in [0.15, 0.2) is 54.7 Å². The first-order valence-electron chi connectivity index (χ1n) is 6.69. The summed E-state index contributed by atoms with van der Waals surface area (Å²) in [6, 6.07) is 14.8. The first-order chi connectivity index (χ1) is 10.6. The molecule has 0 aliphatic carbocycles. The molecule has 5 nitrogen and oxygen atoms in total. The number of benzene rings is 2. The van der Waals surface area contributed by atoms with E-state index in [2.05, 4.69) is 15.5 Å². The average Bonchev–Trinajstić information content (AvgIpc) is 3.03. The van der Waals surface area contributed by atoms with Gasteiger partial charge in [-0.25, -0.2) is 0 Å². The fraction of sp³-hybridized carbons (Fsp3) is 0.0625. The van der Waals surface area contributed by atoms with Gasteiger partial charge in [0.05, 0.1) is 11.9 Å². The van der Waals surface area contributed by atoms with Crippen LogP contribution in [0.3, 0.4) is 0 Å². The number of para-hydroxylation sites is 1. The molecule has 1 aromatic heterocycles. The third-order valence-corrected chi connectivity index (χ3v) is 3.64. The van der Waals surface area contributed by atoms with Gasteiger partial charge in [0, 0.05) is 10.7 Å². The highest BCUT2D eigenvalue weighted by molar-refractivity contribution is 6.31. The number of rotatable bonds is 3. The van der Waals surface area contributed by atoms with Gasteiger partial charge < -0.3 is 5.32 Å². The highest BCUT2D eigenvalue weighted by Crippen LogP contribution is 2.23. The Bertz CT molecular complexity index is 814. The minimum atomic E-state index is -0.326. The summed E-state index contributed by atoms with van der Waals surface area (Å²) < 4.78 is 0. The number of aromatic nitrogens is 3. The molecule has 2 aromatic carbocycles. The van der Waals surface area contributed by atoms with Crippen molar-refractivity contribution in [3.63, 3.8) is 0 Å². The van der Waals surface area contributed by atoms with Crippen molar-refractivity contribution in [2.45, 2.75) is 6.92 Å². The second-order valence-electron chi connectivity index (χ2n) is 4.72. The van der Waals surface area contributed by atoms with Gasteiger partial charge in [0.15, 0.2) is 5.69 Å². The molecule has 0 radical (unpaired) electrons. The fourth-order valence-electron chi connectivity index (χ4n) is 1.98. The number of carbonyl (C=O) groups is 1. The highest BCUT2D eigenvalue weighted by atomic mass is 35.5. The maximum absolute atomic E-state index is 12.3. The topological polar surface area (TPSA) is 59.8 Å². The summed E-state index contributed by atoms with van der Waals surface area (Å²) in [5.74, 6) is -0.326. The second-order valence-corrected chi connectivity index (χ2v) is 5.13. The average molecular weight is 313 g/mol. The summed E-state index contributed by atoms with van der Waals surface area (Å²) in [6.45, 7) is 1.85. The third-order valence-electron chi connectivity index (χ3n) is 3.23. The summed E-state index contributed by atoms with van der Waals surface area (Å²) >= 11 is 6.04. The molecule has 0 saturated heterocycles. The summed E-state index contributed by atoms with van der Waals surface area (Å²) in [6.07, 6.45) is 1.43. The molecular weight excluding hydrogens is 300 g/mol. The van der Waals surface area contributed by atoms with Crippen molar-refractivity contribution in [1.82, 2.24) is 15.0 Å². The lowest BCUT2D eigenvalue weighted by Crippen LogP contribution is -2.14. The molecule has 0 aliphatic rings. The predicted octanol–water partition coefficient (Wildman–Crippen LogP) is 3.48. The molecule has 110 valence electrons. The SMILES string of the molecule is Cc1c(Cl)cccc1NC(=O)c1cnn(-c2ccccc2)n1. The molecule has 1 amide bonds. The lowest BCUT2D eigenvalue weighted by Gasteiger charge is -2.07. The molecule has 0 spiro atoms. The van der Waals surface area contributed by atoms with Gasteiger partial charge in [-0.3, -0.25) is 4.79 Å². The molecule has 22 heavy (non-hydrogen) atoms. The quantitative estimate of drug-likeness (QED) is 0.805. The first kappa shape index (κ1) is 14.3. The van der Waals surface area contributed by atoms with Gasteiger partial charge in [0.25, 0.3) is 5.91 Å². The molecular formula is C16H13ClN4O. The van der Waals surface area contributed by atoms with Crippen molar-refractivity contribution in [2.75, 3.05) is 5.32 Å². The van der Waals surface area contributed by atoms with Crippen molar-refractivity contribution in [3.8, 4) is 5.69 Å². The highest BCUT2D eigenvalue weighted by Gasteiger charge is 2.13. The number of nitrogens with zero attached hydrogens (tertiary/aromatic N) is 3. The van der Waals surface area contributed by atoms with E-state index in [1.807, 2.05) is 37.3 Å². The molecule has 0 atom stereocenters. The van der Waals surface area contributed by atoms with Crippen LogP contribution in [0, 0.1) is 6.92 Å². The van der Waals surface area contributed by atoms with Crippen molar-refractivity contribution >= 4 is 23.2 Å². The molecule has 0 saturated carbocycles. The van der Waals surface area contributed by atoms with Crippen LogP contribution in [0.2, 0.25) is 5.02 Å². The zero-order valence-corrected chi connectivity index (χ0v) is 12.6. The largest absolute Gasteiger partial charge is 0.320 e. The van der Waals surface area contributed by atoms with Gasteiger partial charge in [0.1, 0.15) is 0 Å². The lowest BCUT2D eigenvalue weighted by atomic mass is 10.2. The summed E-state index contributed by atoms with van der Waals surface area (Å²) in [5.41, 5.74) is 2.50. The summed E-state index contributed by atoms with van der Waals surface area (Å²) in [5, 5.41) is 11.7. The molecule has 0 aliphatic heterocycles. The predicted molar refractivity (Wildman–Crippen MR) is 85.5 cm³/mol. The standard InChI is InChI=1S/C16H13ClN4O/c1-11-13(17)8-5-9-14(11)19-16(22)15-10-18-21(20-15)12-6-3-2-4-7-12/h2-10H,1H3,(H,19,22). The number of halogens is 1. The number of hydrogen-bond acceptors (Lipinski definition) is 3. The molecule has 1 N–H and O–H groups in total. The van der Waals surface area contributed by atoms with E-state index < -0.39 is 0 Å². The van der Waals surface area contributed by atoms with Gasteiger partial charge in [-0.15, -0.1) is 5.10 Å². The normalized spacial score (nSPS) is 10.5. The van der Waals surface area contributed by atoms with Gasteiger partial charge in [-0.05, 0) is 36.8 Å². The van der Waals surface area contributed by atoms with Crippen LogP contribution in [0.5, 0.6) is 0 Å². The minimum Gasteiger partial charge on any atom is -0.320 e. The van der Waals surface area contributed by atoms with E-state index in [1.54, 1.807) is 18.2 Å². The molecule has 6 heteroatoms. The van der Waals surface area contributed by atoms with E-state index in [9.17, 15) is 4.79 Å².